The Morgan fingerprint density at radius 3 is 2.30 bits per heavy atom. The van der Waals surface area contributed by atoms with Crippen LogP contribution in [0.5, 0.6) is 0 Å². The van der Waals surface area contributed by atoms with Crippen molar-refractivity contribution in [2.75, 3.05) is 0 Å². The molecule has 0 amide bonds. The molecule has 1 unspecified atom stereocenters. The topological polar surface area (TPSA) is 33.1 Å². The van der Waals surface area contributed by atoms with E-state index in [9.17, 15) is 5.11 Å². The third-order valence-electron chi connectivity index (χ3n) is 1.51. The van der Waals surface area contributed by atoms with E-state index >= 15 is 0 Å². The molecule has 0 aliphatic heterocycles. The molecule has 0 aliphatic rings. The molecule has 1 aromatic rings. The summed E-state index contributed by atoms with van der Waals surface area (Å²) in [5, 5.41) is 9.24. The molecule has 1 N–H and O–H groups in total. The molecule has 1 heterocycles. The Morgan fingerprint density at radius 2 is 2.10 bits per heavy atom. The minimum absolute atomic E-state index is 0.376. The summed E-state index contributed by atoms with van der Waals surface area (Å²) in [6.07, 6.45) is -0.376. The summed E-state index contributed by atoms with van der Waals surface area (Å²) < 4.78 is 4.12. The number of hydrogen-bond donors (Lipinski definition) is 1. The molecule has 2 nitrogen and oxygen atoms in total. The molecule has 3 heteroatoms. The van der Waals surface area contributed by atoms with Gasteiger partial charge in [-0.1, -0.05) is 0 Å². The monoisotopic (exact) mass is 157 g/mol. The van der Waals surface area contributed by atoms with Gasteiger partial charge in [-0.2, -0.15) is 4.37 Å². The smallest absolute Gasteiger partial charge is 0.0790 e. The van der Waals surface area contributed by atoms with Gasteiger partial charge in [0.05, 0.1) is 11.8 Å². The molecule has 0 aromatic carbocycles. The van der Waals surface area contributed by atoms with Crippen molar-refractivity contribution >= 4 is 11.5 Å². The first-order valence-electron chi connectivity index (χ1n) is 3.23. The van der Waals surface area contributed by atoms with Crippen molar-refractivity contribution in [1.29, 1.82) is 0 Å². The van der Waals surface area contributed by atoms with Crippen molar-refractivity contribution in [2.45, 2.75) is 26.9 Å². The first-order valence-corrected chi connectivity index (χ1v) is 4.01. The van der Waals surface area contributed by atoms with Crippen LogP contribution in [-0.2, 0) is 0 Å². The lowest BCUT2D eigenvalue weighted by Gasteiger charge is -2.02. The van der Waals surface area contributed by atoms with Crippen molar-refractivity contribution < 1.29 is 5.11 Å². The molecule has 1 rings (SSSR count). The molecule has 0 spiro atoms. The lowest BCUT2D eigenvalue weighted by atomic mass is 10.1. The predicted octanol–water partition coefficient (Wildman–Crippen LogP) is 1.81. The molecule has 0 fully saturated rings. The normalized spacial score (nSPS) is 13.6. The van der Waals surface area contributed by atoms with E-state index in [1.54, 1.807) is 6.92 Å². The Balaban J connectivity index is 3.10. The highest BCUT2D eigenvalue weighted by Gasteiger charge is 2.10. The largest absolute Gasteiger partial charge is 0.389 e. The zero-order chi connectivity index (χ0) is 7.72. The van der Waals surface area contributed by atoms with Crippen LogP contribution in [0.15, 0.2) is 0 Å². The van der Waals surface area contributed by atoms with E-state index in [4.69, 9.17) is 0 Å². The lowest BCUT2D eigenvalue weighted by molar-refractivity contribution is 0.198. The molecule has 0 aliphatic carbocycles. The van der Waals surface area contributed by atoms with E-state index in [0.717, 1.165) is 16.1 Å². The van der Waals surface area contributed by atoms with Crippen LogP contribution < -0.4 is 0 Å². The van der Waals surface area contributed by atoms with Gasteiger partial charge in [0.2, 0.25) is 0 Å². The lowest BCUT2D eigenvalue weighted by Crippen LogP contribution is -1.93. The number of aliphatic hydroxyl groups is 1. The Morgan fingerprint density at radius 1 is 1.50 bits per heavy atom. The molecule has 0 saturated heterocycles. The Bertz CT molecular complexity index is 210. The number of aromatic nitrogens is 1. The second-order valence-corrected chi connectivity index (χ2v) is 3.39. The van der Waals surface area contributed by atoms with Crippen molar-refractivity contribution in [3.05, 3.63) is 16.1 Å². The summed E-state index contributed by atoms with van der Waals surface area (Å²) in [6.45, 7) is 5.67. The number of rotatable bonds is 1. The SMILES string of the molecule is Cc1nsc(C)c1C(C)O. The van der Waals surface area contributed by atoms with E-state index in [2.05, 4.69) is 4.37 Å². The summed E-state index contributed by atoms with van der Waals surface area (Å²) in [5.74, 6) is 0. The molecule has 0 bridgehead atoms. The molecule has 56 valence electrons. The van der Waals surface area contributed by atoms with Crippen molar-refractivity contribution in [2.24, 2.45) is 0 Å². The van der Waals surface area contributed by atoms with Crippen molar-refractivity contribution in [3.63, 3.8) is 0 Å². The fraction of sp³-hybridized carbons (Fsp3) is 0.571. The van der Waals surface area contributed by atoms with Crippen molar-refractivity contribution in [3.8, 4) is 0 Å². The maximum atomic E-state index is 9.24. The van der Waals surface area contributed by atoms with Gasteiger partial charge in [0.25, 0.3) is 0 Å². The van der Waals surface area contributed by atoms with Crippen molar-refractivity contribution in [1.82, 2.24) is 4.37 Å². The minimum Gasteiger partial charge on any atom is -0.389 e. The van der Waals surface area contributed by atoms with Gasteiger partial charge in [-0.3, -0.25) is 0 Å². The van der Waals surface area contributed by atoms with Crippen LogP contribution in [0, 0.1) is 13.8 Å². The van der Waals surface area contributed by atoms with E-state index in [-0.39, 0.29) is 6.10 Å². The summed E-state index contributed by atoms with van der Waals surface area (Å²) in [6, 6.07) is 0. The highest BCUT2D eigenvalue weighted by atomic mass is 32.1. The highest BCUT2D eigenvalue weighted by Crippen LogP contribution is 2.23. The van der Waals surface area contributed by atoms with Gasteiger partial charge in [-0.15, -0.1) is 0 Å². The third-order valence-corrected chi connectivity index (χ3v) is 2.37. The van der Waals surface area contributed by atoms with Gasteiger partial charge >= 0.3 is 0 Å². The van der Waals surface area contributed by atoms with Crippen LogP contribution in [0.4, 0.5) is 0 Å². The van der Waals surface area contributed by atoms with Gasteiger partial charge < -0.3 is 5.11 Å². The van der Waals surface area contributed by atoms with E-state index in [1.165, 1.54) is 11.5 Å². The van der Waals surface area contributed by atoms with Gasteiger partial charge in [-0.25, -0.2) is 0 Å². The highest BCUT2D eigenvalue weighted by molar-refractivity contribution is 7.05. The number of aryl methyl sites for hydroxylation is 2. The Labute approximate surface area is 64.7 Å². The molecular formula is C7H11NOS. The summed E-state index contributed by atoms with van der Waals surface area (Å²) in [4.78, 5) is 1.12. The molecule has 0 radical (unpaired) electrons. The maximum Gasteiger partial charge on any atom is 0.0790 e. The average Bonchev–Trinajstić information content (AvgIpc) is 2.11. The number of hydrogen-bond acceptors (Lipinski definition) is 3. The molecule has 1 atom stereocenters. The first kappa shape index (κ1) is 7.69. The van der Waals surface area contributed by atoms with Gasteiger partial charge in [0, 0.05) is 10.4 Å². The zero-order valence-corrected chi connectivity index (χ0v) is 7.20. The van der Waals surface area contributed by atoms with Crippen LogP contribution >= 0.6 is 11.5 Å². The Kier molecular flexibility index (Phi) is 2.06. The van der Waals surface area contributed by atoms with Crippen LogP contribution in [0.3, 0.4) is 0 Å². The van der Waals surface area contributed by atoms with Crippen LogP contribution in [0.2, 0.25) is 0 Å². The van der Waals surface area contributed by atoms with Gasteiger partial charge in [0.15, 0.2) is 0 Å². The molecule has 1 aromatic heterocycles. The second-order valence-electron chi connectivity index (χ2n) is 2.41. The molecule has 10 heavy (non-hydrogen) atoms. The quantitative estimate of drug-likeness (QED) is 0.674. The van der Waals surface area contributed by atoms with Gasteiger partial charge in [-0.05, 0) is 32.3 Å². The summed E-state index contributed by atoms with van der Waals surface area (Å²) in [7, 11) is 0. The predicted molar refractivity (Wildman–Crippen MR) is 42.2 cm³/mol. The van der Waals surface area contributed by atoms with Crippen LogP contribution in [0.25, 0.3) is 0 Å². The van der Waals surface area contributed by atoms with E-state index in [0.29, 0.717) is 0 Å². The molecular weight excluding hydrogens is 146 g/mol. The van der Waals surface area contributed by atoms with Crippen LogP contribution in [-0.4, -0.2) is 9.48 Å². The van der Waals surface area contributed by atoms with E-state index in [1.807, 2.05) is 13.8 Å². The number of nitrogens with zero attached hydrogens (tertiary/aromatic N) is 1. The Hall–Kier alpha value is -0.410. The summed E-state index contributed by atoms with van der Waals surface area (Å²) >= 11 is 1.45. The second kappa shape index (κ2) is 2.68. The third kappa shape index (κ3) is 1.20. The van der Waals surface area contributed by atoms with Gasteiger partial charge in [0.1, 0.15) is 0 Å². The maximum absolute atomic E-state index is 9.24. The minimum atomic E-state index is -0.376. The summed E-state index contributed by atoms with van der Waals surface area (Å²) in [5.41, 5.74) is 1.95. The van der Waals surface area contributed by atoms with E-state index < -0.39 is 0 Å². The molecule has 0 saturated carbocycles. The number of aliphatic hydroxyl groups excluding tert-OH is 1. The standard InChI is InChI=1S/C7H11NOS/c1-4-7(5(2)9)6(3)10-8-4/h5,9H,1-3H3. The zero-order valence-electron chi connectivity index (χ0n) is 6.38. The fourth-order valence-corrected chi connectivity index (χ4v) is 1.88. The fourth-order valence-electron chi connectivity index (χ4n) is 1.09. The van der Waals surface area contributed by atoms with Crippen LogP contribution in [0.1, 0.15) is 29.2 Å². The first-order chi connectivity index (χ1) is 4.63. The average molecular weight is 157 g/mol.